The minimum Gasteiger partial charge on any atom is -0.461 e. The number of aromatic nitrogens is 2. The highest BCUT2D eigenvalue weighted by Crippen LogP contribution is 2.11. The monoisotopic (exact) mass is 268 g/mol. The van der Waals surface area contributed by atoms with E-state index in [1.54, 1.807) is 6.92 Å². The number of imidazole rings is 1. The number of carbonyl (C=O) groups excluding carboxylic acids is 2. The van der Waals surface area contributed by atoms with Gasteiger partial charge in [0.1, 0.15) is 12.4 Å². The van der Waals surface area contributed by atoms with E-state index in [2.05, 4.69) is 10.3 Å². The van der Waals surface area contributed by atoms with Gasteiger partial charge in [-0.15, -0.1) is 0 Å². The fourth-order valence-corrected chi connectivity index (χ4v) is 1.40. The fraction of sp³-hybridized carbons (Fsp3) is 0.583. The minimum atomic E-state index is -0.582. The first-order valence-corrected chi connectivity index (χ1v) is 6.20. The molecule has 1 heterocycles. The Labute approximate surface area is 112 Å². The molecule has 0 saturated carbocycles. The van der Waals surface area contributed by atoms with E-state index in [1.807, 2.05) is 13.8 Å². The molecular formula is C12H20N4O3. The zero-order chi connectivity index (χ0) is 14.4. The Bertz CT molecular complexity index is 454. The number of carbonyl (C=O) groups is 2. The van der Waals surface area contributed by atoms with Crippen molar-refractivity contribution in [1.29, 1.82) is 0 Å². The van der Waals surface area contributed by atoms with E-state index in [9.17, 15) is 9.59 Å². The van der Waals surface area contributed by atoms with Crippen molar-refractivity contribution in [2.24, 2.45) is 5.92 Å². The normalized spacial score (nSPS) is 10.5. The molecule has 1 aromatic rings. The molecule has 1 rings (SSSR count). The average molecular weight is 268 g/mol. The van der Waals surface area contributed by atoms with Gasteiger partial charge >= 0.3 is 5.97 Å². The first-order valence-electron chi connectivity index (χ1n) is 6.20. The molecule has 0 radical (unpaired) electrons. The molecule has 7 heteroatoms. The second-order valence-corrected chi connectivity index (χ2v) is 4.52. The standard InChI is InChI=1S/C12H20N4O3/c1-4-19-12(18)10-11(13)16(7-15-10)6-9(17)14-5-8(2)3/h7-8H,4-6,13H2,1-3H3,(H,14,17). The number of anilines is 1. The Kier molecular flexibility index (Phi) is 5.35. The van der Waals surface area contributed by atoms with Gasteiger partial charge in [-0.25, -0.2) is 9.78 Å². The highest BCUT2D eigenvalue weighted by Gasteiger charge is 2.17. The van der Waals surface area contributed by atoms with Crippen molar-refractivity contribution in [2.75, 3.05) is 18.9 Å². The van der Waals surface area contributed by atoms with E-state index in [0.717, 1.165) is 0 Å². The number of nitrogens with two attached hydrogens (primary N) is 1. The molecule has 0 saturated heterocycles. The third-order valence-electron chi connectivity index (χ3n) is 2.37. The van der Waals surface area contributed by atoms with Gasteiger partial charge in [0.25, 0.3) is 0 Å². The van der Waals surface area contributed by atoms with Crippen LogP contribution in [0, 0.1) is 5.92 Å². The van der Waals surface area contributed by atoms with Gasteiger partial charge in [0.2, 0.25) is 5.91 Å². The Morgan fingerprint density at radius 3 is 2.79 bits per heavy atom. The van der Waals surface area contributed by atoms with Crippen molar-refractivity contribution in [3.8, 4) is 0 Å². The van der Waals surface area contributed by atoms with E-state index >= 15 is 0 Å². The number of amides is 1. The van der Waals surface area contributed by atoms with Gasteiger partial charge in [-0.2, -0.15) is 0 Å². The van der Waals surface area contributed by atoms with Gasteiger partial charge in [-0.3, -0.25) is 4.79 Å². The summed E-state index contributed by atoms with van der Waals surface area (Å²) < 4.78 is 6.23. The molecule has 0 fully saturated rings. The number of esters is 1. The molecular weight excluding hydrogens is 248 g/mol. The van der Waals surface area contributed by atoms with Crippen molar-refractivity contribution in [1.82, 2.24) is 14.9 Å². The zero-order valence-electron chi connectivity index (χ0n) is 11.5. The number of hydrogen-bond acceptors (Lipinski definition) is 5. The Morgan fingerprint density at radius 2 is 2.21 bits per heavy atom. The van der Waals surface area contributed by atoms with Gasteiger partial charge in [0.15, 0.2) is 5.69 Å². The van der Waals surface area contributed by atoms with Crippen LogP contribution in [-0.2, 0) is 16.1 Å². The first-order chi connectivity index (χ1) is 8.95. The first kappa shape index (κ1) is 15.0. The lowest BCUT2D eigenvalue weighted by Crippen LogP contribution is -2.30. The van der Waals surface area contributed by atoms with Crippen LogP contribution in [-0.4, -0.2) is 34.6 Å². The summed E-state index contributed by atoms with van der Waals surface area (Å²) in [6.07, 6.45) is 1.36. The van der Waals surface area contributed by atoms with Gasteiger partial charge in [0, 0.05) is 6.54 Å². The summed E-state index contributed by atoms with van der Waals surface area (Å²) in [5.41, 5.74) is 5.80. The largest absolute Gasteiger partial charge is 0.461 e. The summed E-state index contributed by atoms with van der Waals surface area (Å²) in [4.78, 5) is 27.0. The highest BCUT2D eigenvalue weighted by atomic mass is 16.5. The van der Waals surface area contributed by atoms with E-state index in [0.29, 0.717) is 12.5 Å². The lowest BCUT2D eigenvalue weighted by Gasteiger charge is -2.09. The number of nitrogens with one attached hydrogen (secondary N) is 1. The van der Waals surface area contributed by atoms with Crippen molar-refractivity contribution >= 4 is 17.7 Å². The molecule has 1 aromatic heterocycles. The Hall–Kier alpha value is -2.05. The molecule has 0 aliphatic carbocycles. The van der Waals surface area contributed by atoms with Crippen molar-refractivity contribution in [2.45, 2.75) is 27.3 Å². The number of ether oxygens (including phenoxy) is 1. The smallest absolute Gasteiger partial charge is 0.360 e. The van der Waals surface area contributed by atoms with Crippen LogP contribution in [0.5, 0.6) is 0 Å². The fourth-order valence-electron chi connectivity index (χ4n) is 1.40. The maximum Gasteiger partial charge on any atom is 0.360 e. The average Bonchev–Trinajstić information content (AvgIpc) is 2.69. The molecule has 1 amide bonds. The highest BCUT2D eigenvalue weighted by molar-refractivity contribution is 5.92. The number of hydrogen-bond donors (Lipinski definition) is 2. The summed E-state index contributed by atoms with van der Waals surface area (Å²) in [6, 6.07) is 0. The predicted octanol–water partition coefficient (Wildman–Crippen LogP) is 0.414. The molecule has 7 nitrogen and oxygen atoms in total. The van der Waals surface area contributed by atoms with Crippen LogP contribution in [0.3, 0.4) is 0 Å². The SMILES string of the molecule is CCOC(=O)c1ncn(CC(=O)NCC(C)C)c1N. The Morgan fingerprint density at radius 1 is 1.53 bits per heavy atom. The van der Waals surface area contributed by atoms with Crippen LogP contribution >= 0.6 is 0 Å². The second-order valence-electron chi connectivity index (χ2n) is 4.52. The molecule has 0 atom stereocenters. The lowest BCUT2D eigenvalue weighted by molar-refractivity contribution is -0.121. The van der Waals surface area contributed by atoms with Gasteiger partial charge < -0.3 is 20.4 Å². The van der Waals surface area contributed by atoms with Crippen LogP contribution in [0.25, 0.3) is 0 Å². The van der Waals surface area contributed by atoms with Gasteiger partial charge in [-0.05, 0) is 12.8 Å². The van der Waals surface area contributed by atoms with E-state index in [-0.39, 0.29) is 30.6 Å². The van der Waals surface area contributed by atoms with Crippen molar-refractivity contribution in [3.63, 3.8) is 0 Å². The van der Waals surface area contributed by atoms with Crippen LogP contribution in [0.15, 0.2) is 6.33 Å². The molecule has 0 spiro atoms. The number of rotatable bonds is 6. The molecule has 0 unspecified atom stereocenters. The van der Waals surface area contributed by atoms with Gasteiger partial charge in [-0.1, -0.05) is 13.8 Å². The molecule has 3 N–H and O–H groups in total. The molecule has 19 heavy (non-hydrogen) atoms. The summed E-state index contributed by atoms with van der Waals surface area (Å²) >= 11 is 0. The molecule has 0 aliphatic rings. The molecule has 0 aliphatic heterocycles. The van der Waals surface area contributed by atoms with Crippen LogP contribution in [0.4, 0.5) is 5.82 Å². The number of nitrogens with zero attached hydrogens (tertiary/aromatic N) is 2. The van der Waals surface area contributed by atoms with E-state index in [4.69, 9.17) is 10.5 Å². The molecule has 0 aromatic carbocycles. The van der Waals surface area contributed by atoms with Gasteiger partial charge in [0.05, 0.1) is 12.9 Å². The van der Waals surface area contributed by atoms with Crippen LogP contribution in [0.1, 0.15) is 31.3 Å². The van der Waals surface area contributed by atoms with Crippen LogP contribution < -0.4 is 11.1 Å². The van der Waals surface area contributed by atoms with Crippen LogP contribution in [0.2, 0.25) is 0 Å². The lowest BCUT2D eigenvalue weighted by atomic mass is 10.2. The van der Waals surface area contributed by atoms with E-state index < -0.39 is 5.97 Å². The third-order valence-corrected chi connectivity index (χ3v) is 2.37. The summed E-state index contributed by atoms with van der Waals surface area (Å²) in [5, 5.41) is 2.76. The summed E-state index contributed by atoms with van der Waals surface area (Å²) in [7, 11) is 0. The molecule has 106 valence electrons. The summed E-state index contributed by atoms with van der Waals surface area (Å²) in [5.74, 6) is -0.244. The predicted molar refractivity (Wildman–Crippen MR) is 70.4 cm³/mol. The maximum absolute atomic E-state index is 11.6. The second kappa shape index (κ2) is 6.77. The topological polar surface area (TPSA) is 99.2 Å². The molecule has 0 bridgehead atoms. The Balaban J connectivity index is 2.65. The maximum atomic E-state index is 11.6. The minimum absolute atomic E-state index is 0.0327. The third kappa shape index (κ3) is 4.27. The van der Waals surface area contributed by atoms with Crippen molar-refractivity contribution < 1.29 is 14.3 Å². The van der Waals surface area contributed by atoms with E-state index in [1.165, 1.54) is 10.9 Å². The quantitative estimate of drug-likeness (QED) is 0.728. The van der Waals surface area contributed by atoms with Crippen molar-refractivity contribution in [3.05, 3.63) is 12.0 Å². The number of nitrogen functional groups attached to an aromatic ring is 1. The zero-order valence-corrected chi connectivity index (χ0v) is 11.5. The summed E-state index contributed by atoms with van der Waals surface area (Å²) in [6.45, 7) is 6.59.